The summed E-state index contributed by atoms with van der Waals surface area (Å²) in [6, 6.07) is 0. The topological polar surface area (TPSA) is 85.3 Å². The summed E-state index contributed by atoms with van der Waals surface area (Å²) in [4.78, 5) is 27.9. The van der Waals surface area contributed by atoms with Gasteiger partial charge in [-0.2, -0.15) is 0 Å². The zero-order valence-corrected chi connectivity index (χ0v) is 38.8. The van der Waals surface area contributed by atoms with E-state index in [1.165, 1.54) is 154 Å². The predicted molar refractivity (Wildman–Crippen MR) is 243 cm³/mol. The maximum atomic E-state index is 12.7. The first-order valence-electron chi connectivity index (χ1n) is 25.2. The molecule has 0 fully saturated rings. The molecule has 340 valence electrons. The maximum absolute atomic E-state index is 12.7. The van der Waals surface area contributed by atoms with Gasteiger partial charge < -0.3 is 24.2 Å². The number of unbranched alkanes of at least 4 members (excludes halogenated alkanes) is 22. The molecule has 0 rings (SSSR count). The Hall–Kier alpha value is -1.18. The van der Waals surface area contributed by atoms with E-state index in [1.807, 2.05) is 0 Å². The second-order valence-electron chi connectivity index (χ2n) is 17.4. The van der Waals surface area contributed by atoms with Crippen molar-refractivity contribution in [3.8, 4) is 0 Å². The Labute approximate surface area is 355 Å². The largest absolute Gasteiger partial charge is 0.466 e. The van der Waals surface area contributed by atoms with Gasteiger partial charge in [0.25, 0.3) is 0 Å². The van der Waals surface area contributed by atoms with E-state index in [2.05, 4.69) is 32.6 Å². The highest BCUT2D eigenvalue weighted by Crippen LogP contribution is 2.24. The molecule has 2 atom stereocenters. The summed E-state index contributed by atoms with van der Waals surface area (Å²) in [5, 5.41) is 9.11. The molecule has 0 amide bonds. The third-order valence-electron chi connectivity index (χ3n) is 11.8. The molecule has 0 radical (unpaired) electrons. The normalized spacial score (nSPS) is 12.7. The highest BCUT2D eigenvalue weighted by Gasteiger charge is 2.16. The SMILES string of the molecule is CCCCCCCCC(CCCCCC)CC(=O)OCCCCCCN(CCCCCCOC(=O)CC(CCCCCC)CCCCCCCC)CCOCCO. The number of carbonyl (C=O) groups is 2. The van der Waals surface area contributed by atoms with E-state index in [1.54, 1.807) is 0 Å². The number of esters is 2. The minimum absolute atomic E-state index is 0.00861. The molecule has 0 aliphatic rings. The van der Waals surface area contributed by atoms with Crippen LogP contribution in [0.15, 0.2) is 0 Å². The van der Waals surface area contributed by atoms with Crippen molar-refractivity contribution < 1.29 is 28.9 Å². The van der Waals surface area contributed by atoms with Gasteiger partial charge >= 0.3 is 11.9 Å². The lowest BCUT2D eigenvalue weighted by Gasteiger charge is -2.22. The van der Waals surface area contributed by atoms with Crippen LogP contribution in [-0.4, -0.2) is 74.6 Å². The van der Waals surface area contributed by atoms with E-state index in [4.69, 9.17) is 19.3 Å². The second kappa shape index (κ2) is 45.9. The van der Waals surface area contributed by atoms with Crippen molar-refractivity contribution in [3.63, 3.8) is 0 Å². The number of aliphatic hydroxyl groups excluding tert-OH is 1. The minimum Gasteiger partial charge on any atom is -0.466 e. The van der Waals surface area contributed by atoms with E-state index < -0.39 is 0 Å². The van der Waals surface area contributed by atoms with Gasteiger partial charge in [-0.05, 0) is 76.3 Å². The number of hydrogen-bond donors (Lipinski definition) is 1. The maximum Gasteiger partial charge on any atom is 0.306 e. The molecule has 0 aromatic heterocycles. The highest BCUT2D eigenvalue weighted by molar-refractivity contribution is 5.70. The molecule has 7 heteroatoms. The molecule has 0 aromatic rings. The second-order valence-corrected chi connectivity index (χ2v) is 17.4. The number of nitrogens with zero attached hydrogens (tertiary/aromatic N) is 1. The number of ether oxygens (including phenoxy) is 3. The van der Waals surface area contributed by atoms with Crippen LogP contribution in [0.1, 0.15) is 246 Å². The minimum atomic E-state index is 0.00861. The summed E-state index contributed by atoms with van der Waals surface area (Å²) in [6.45, 7) is 14.2. The van der Waals surface area contributed by atoms with Crippen LogP contribution in [-0.2, 0) is 23.8 Å². The average molecular weight is 810 g/mol. The summed E-state index contributed by atoms with van der Waals surface area (Å²) in [7, 11) is 0. The fourth-order valence-corrected chi connectivity index (χ4v) is 8.08. The molecule has 1 N–H and O–H groups in total. The molecular weight excluding hydrogens is 711 g/mol. The molecule has 0 saturated carbocycles. The first kappa shape index (κ1) is 55.8. The van der Waals surface area contributed by atoms with Crippen LogP contribution in [0.5, 0.6) is 0 Å². The lowest BCUT2D eigenvalue weighted by Crippen LogP contribution is -2.30. The van der Waals surface area contributed by atoms with Gasteiger partial charge in [0.1, 0.15) is 0 Å². The van der Waals surface area contributed by atoms with Crippen LogP contribution in [0.2, 0.25) is 0 Å². The standard InChI is InChI=1S/C50H99NO6/c1-5-9-13-17-19-27-35-47(33-25-15-11-7-3)45-49(53)56-41-31-23-21-29-37-51(39-43-55-44-40-52)38-30-22-24-32-42-57-50(54)46-48(34-26-16-12-8-4)36-28-20-18-14-10-6-2/h47-48,52H,5-46H2,1-4H3. The number of aliphatic hydroxyl groups is 1. The molecule has 7 nitrogen and oxygen atoms in total. The van der Waals surface area contributed by atoms with E-state index in [0.717, 1.165) is 71.0 Å². The third-order valence-corrected chi connectivity index (χ3v) is 11.8. The smallest absolute Gasteiger partial charge is 0.306 e. The lowest BCUT2D eigenvalue weighted by molar-refractivity contribution is -0.146. The summed E-state index contributed by atoms with van der Waals surface area (Å²) in [5.74, 6) is 0.985. The molecule has 57 heavy (non-hydrogen) atoms. The van der Waals surface area contributed by atoms with Gasteiger partial charge in [-0.3, -0.25) is 9.59 Å². The van der Waals surface area contributed by atoms with Crippen LogP contribution in [0.25, 0.3) is 0 Å². The first-order chi connectivity index (χ1) is 28.0. The van der Waals surface area contributed by atoms with Gasteiger partial charge in [0.2, 0.25) is 0 Å². The average Bonchev–Trinajstić information content (AvgIpc) is 3.20. The van der Waals surface area contributed by atoms with Crippen molar-refractivity contribution in [2.45, 2.75) is 246 Å². The van der Waals surface area contributed by atoms with E-state index >= 15 is 0 Å². The van der Waals surface area contributed by atoms with Crippen LogP contribution in [0, 0.1) is 11.8 Å². The van der Waals surface area contributed by atoms with Gasteiger partial charge in [-0.25, -0.2) is 0 Å². The fourth-order valence-electron chi connectivity index (χ4n) is 8.08. The van der Waals surface area contributed by atoms with Gasteiger partial charge in [-0.1, -0.05) is 182 Å². The Morgan fingerprint density at radius 1 is 0.404 bits per heavy atom. The molecule has 0 aliphatic carbocycles. The van der Waals surface area contributed by atoms with Crippen molar-refractivity contribution >= 4 is 11.9 Å². The zero-order valence-electron chi connectivity index (χ0n) is 38.8. The molecule has 0 bridgehead atoms. The summed E-state index contributed by atoms with van der Waals surface area (Å²) < 4.78 is 17.0. The molecule has 0 heterocycles. The number of rotatable bonds is 47. The first-order valence-corrected chi connectivity index (χ1v) is 25.2. The summed E-state index contributed by atoms with van der Waals surface area (Å²) in [5.41, 5.74) is 0. The fraction of sp³-hybridized carbons (Fsp3) is 0.960. The third kappa shape index (κ3) is 41.3. The van der Waals surface area contributed by atoms with Crippen LogP contribution in [0.4, 0.5) is 0 Å². The Morgan fingerprint density at radius 2 is 0.737 bits per heavy atom. The molecule has 0 aromatic carbocycles. The van der Waals surface area contributed by atoms with Gasteiger partial charge in [0.15, 0.2) is 0 Å². The zero-order chi connectivity index (χ0) is 41.7. The molecule has 0 spiro atoms. The van der Waals surface area contributed by atoms with Gasteiger partial charge in [0, 0.05) is 19.4 Å². The summed E-state index contributed by atoms with van der Waals surface area (Å²) in [6.07, 6.45) is 40.2. The van der Waals surface area contributed by atoms with Crippen molar-refractivity contribution in [1.82, 2.24) is 4.90 Å². The Kier molecular flexibility index (Phi) is 44.9. The monoisotopic (exact) mass is 810 g/mol. The summed E-state index contributed by atoms with van der Waals surface area (Å²) >= 11 is 0. The molecular formula is C50H99NO6. The highest BCUT2D eigenvalue weighted by atomic mass is 16.5. The predicted octanol–water partition coefficient (Wildman–Crippen LogP) is 14.0. The van der Waals surface area contributed by atoms with Crippen molar-refractivity contribution in [3.05, 3.63) is 0 Å². The van der Waals surface area contributed by atoms with Crippen molar-refractivity contribution in [1.29, 1.82) is 0 Å². The Bertz CT molecular complexity index is 765. The van der Waals surface area contributed by atoms with Gasteiger partial charge in [-0.15, -0.1) is 0 Å². The van der Waals surface area contributed by atoms with E-state index in [9.17, 15) is 9.59 Å². The number of hydrogen-bond acceptors (Lipinski definition) is 7. The Balaban J connectivity index is 4.35. The van der Waals surface area contributed by atoms with E-state index in [-0.39, 0.29) is 18.5 Å². The quantitative estimate of drug-likeness (QED) is 0.0484. The lowest BCUT2D eigenvalue weighted by atomic mass is 9.91. The van der Waals surface area contributed by atoms with Crippen LogP contribution < -0.4 is 0 Å². The Morgan fingerprint density at radius 3 is 1.12 bits per heavy atom. The van der Waals surface area contributed by atoms with E-state index in [0.29, 0.717) is 51.1 Å². The molecule has 0 aliphatic heterocycles. The molecule has 0 saturated heterocycles. The van der Waals surface area contributed by atoms with Crippen LogP contribution in [0.3, 0.4) is 0 Å². The van der Waals surface area contributed by atoms with Crippen LogP contribution >= 0.6 is 0 Å². The number of carbonyl (C=O) groups excluding carboxylic acids is 2. The van der Waals surface area contributed by atoms with Gasteiger partial charge in [0.05, 0.1) is 33.0 Å². The van der Waals surface area contributed by atoms with Crippen molar-refractivity contribution in [2.24, 2.45) is 11.8 Å². The molecule has 2 unspecified atom stereocenters. The van der Waals surface area contributed by atoms with Crippen molar-refractivity contribution in [2.75, 3.05) is 52.7 Å².